The molecule has 8 nitrogen and oxygen atoms in total. The first kappa shape index (κ1) is 14.4. The lowest BCUT2D eigenvalue weighted by atomic mass is 10.2. The maximum absolute atomic E-state index is 12.0. The highest BCUT2D eigenvalue weighted by Gasteiger charge is 2.17. The van der Waals surface area contributed by atoms with Crippen LogP contribution in [0, 0.1) is 0 Å². The molecule has 1 unspecified atom stereocenters. The number of benzene rings is 1. The average molecular weight is 305 g/mol. The van der Waals surface area contributed by atoms with Crippen LogP contribution in [-0.4, -0.2) is 29.4 Å². The van der Waals surface area contributed by atoms with E-state index in [1.165, 1.54) is 6.26 Å². The van der Waals surface area contributed by atoms with Gasteiger partial charge in [-0.25, -0.2) is 4.98 Å². The maximum atomic E-state index is 12.0. The van der Waals surface area contributed by atoms with Gasteiger partial charge in [-0.3, -0.25) is 4.79 Å². The minimum Gasteiger partial charge on any atom is -0.454 e. The Morgan fingerprint density at radius 3 is 3.05 bits per heavy atom. The Labute approximate surface area is 125 Å². The van der Waals surface area contributed by atoms with Crippen molar-refractivity contribution in [3.63, 3.8) is 0 Å². The van der Waals surface area contributed by atoms with Crippen LogP contribution in [0.15, 0.2) is 28.9 Å². The summed E-state index contributed by atoms with van der Waals surface area (Å²) in [6.07, 6.45) is 1.21. The Balaban J connectivity index is 1.61. The van der Waals surface area contributed by atoms with Crippen LogP contribution < -0.4 is 20.5 Å². The van der Waals surface area contributed by atoms with Crippen LogP contribution in [0.4, 0.5) is 0 Å². The molecule has 22 heavy (non-hydrogen) atoms. The van der Waals surface area contributed by atoms with Crippen LogP contribution in [0.3, 0.4) is 0 Å². The van der Waals surface area contributed by atoms with Crippen LogP contribution in [0.5, 0.6) is 11.5 Å². The molecule has 0 saturated carbocycles. The van der Waals surface area contributed by atoms with Crippen LogP contribution >= 0.6 is 0 Å². The highest BCUT2D eigenvalue weighted by atomic mass is 16.7. The summed E-state index contributed by atoms with van der Waals surface area (Å²) in [6.45, 7) is 0.209. The predicted octanol–water partition coefficient (Wildman–Crippen LogP) is 0.325. The van der Waals surface area contributed by atoms with E-state index in [0.29, 0.717) is 18.0 Å². The fourth-order valence-corrected chi connectivity index (χ4v) is 1.96. The number of ether oxygens (including phenoxy) is 2. The molecule has 0 spiro atoms. The molecule has 8 heteroatoms. The first-order valence-electron chi connectivity index (χ1n) is 6.66. The molecule has 2 heterocycles. The van der Waals surface area contributed by atoms with Gasteiger partial charge in [0.1, 0.15) is 12.3 Å². The number of aliphatic hydroxyl groups excluding tert-OH is 1. The van der Waals surface area contributed by atoms with Crippen molar-refractivity contribution in [3.8, 4) is 11.5 Å². The summed E-state index contributed by atoms with van der Waals surface area (Å²) in [6, 6.07) is 4.69. The monoisotopic (exact) mass is 305 g/mol. The zero-order valence-corrected chi connectivity index (χ0v) is 11.6. The first-order valence-corrected chi connectivity index (χ1v) is 6.66. The van der Waals surface area contributed by atoms with Crippen molar-refractivity contribution in [1.29, 1.82) is 0 Å². The van der Waals surface area contributed by atoms with E-state index >= 15 is 0 Å². The Morgan fingerprint density at radius 1 is 1.41 bits per heavy atom. The van der Waals surface area contributed by atoms with Gasteiger partial charge in [-0.1, -0.05) is 6.07 Å². The van der Waals surface area contributed by atoms with E-state index in [1.807, 2.05) is 6.07 Å². The molecule has 4 N–H and O–H groups in total. The molecule has 1 aliphatic heterocycles. The Bertz CT molecular complexity index is 685. The zero-order chi connectivity index (χ0) is 15.5. The Morgan fingerprint density at radius 2 is 2.23 bits per heavy atom. The fourth-order valence-electron chi connectivity index (χ4n) is 1.96. The number of nitrogens with one attached hydrogen (secondary N) is 1. The van der Waals surface area contributed by atoms with Crippen LogP contribution in [-0.2, 0) is 6.54 Å². The van der Waals surface area contributed by atoms with E-state index in [-0.39, 0.29) is 25.0 Å². The first-order chi connectivity index (χ1) is 10.7. The summed E-state index contributed by atoms with van der Waals surface area (Å²) in [7, 11) is 0. The van der Waals surface area contributed by atoms with Crippen molar-refractivity contribution in [3.05, 3.63) is 41.6 Å². The standard InChI is InChI=1S/C14H15N3O5/c15-9(5-18)14-17-10(6-20-14)13(19)16-4-8-1-2-11-12(3-8)22-7-21-11/h1-3,6,9,18H,4-5,7,15H2,(H,16,19). The largest absolute Gasteiger partial charge is 0.454 e. The number of nitrogens with two attached hydrogens (primary N) is 1. The van der Waals surface area contributed by atoms with Gasteiger partial charge in [-0.05, 0) is 17.7 Å². The summed E-state index contributed by atoms with van der Waals surface area (Å²) >= 11 is 0. The lowest BCUT2D eigenvalue weighted by Crippen LogP contribution is -2.23. The smallest absolute Gasteiger partial charge is 0.273 e. The van der Waals surface area contributed by atoms with Gasteiger partial charge in [0.05, 0.1) is 6.61 Å². The lowest BCUT2D eigenvalue weighted by Gasteiger charge is -2.04. The number of carbonyl (C=O) groups is 1. The Hall–Kier alpha value is -2.58. The van der Waals surface area contributed by atoms with E-state index in [2.05, 4.69) is 10.3 Å². The van der Waals surface area contributed by atoms with Gasteiger partial charge in [-0.15, -0.1) is 0 Å². The molecule has 0 bridgehead atoms. The van der Waals surface area contributed by atoms with E-state index < -0.39 is 11.9 Å². The molecule has 0 aliphatic carbocycles. The van der Waals surface area contributed by atoms with E-state index in [1.54, 1.807) is 12.1 Å². The summed E-state index contributed by atoms with van der Waals surface area (Å²) in [5.74, 6) is 1.08. The molecule has 1 aromatic carbocycles. The van der Waals surface area contributed by atoms with Crippen molar-refractivity contribution in [2.24, 2.45) is 5.73 Å². The molecule has 2 aromatic rings. The number of aliphatic hydroxyl groups is 1. The third-order valence-corrected chi connectivity index (χ3v) is 3.16. The summed E-state index contributed by atoms with van der Waals surface area (Å²) in [5.41, 5.74) is 6.54. The highest BCUT2D eigenvalue weighted by Crippen LogP contribution is 2.32. The number of hydrogen-bond donors (Lipinski definition) is 3. The van der Waals surface area contributed by atoms with Crippen molar-refractivity contribution in [2.45, 2.75) is 12.6 Å². The van der Waals surface area contributed by atoms with Gasteiger partial charge in [-0.2, -0.15) is 0 Å². The van der Waals surface area contributed by atoms with Gasteiger partial charge >= 0.3 is 0 Å². The third kappa shape index (κ3) is 2.87. The number of hydrogen-bond acceptors (Lipinski definition) is 7. The third-order valence-electron chi connectivity index (χ3n) is 3.16. The molecule has 3 rings (SSSR count). The van der Waals surface area contributed by atoms with Crippen LogP contribution in [0.1, 0.15) is 28.0 Å². The summed E-state index contributed by atoms with van der Waals surface area (Å²) < 4.78 is 15.6. The van der Waals surface area contributed by atoms with E-state index in [9.17, 15) is 4.79 Å². The second-order valence-corrected chi connectivity index (χ2v) is 4.73. The van der Waals surface area contributed by atoms with Crippen molar-refractivity contribution >= 4 is 5.91 Å². The van der Waals surface area contributed by atoms with Crippen LogP contribution in [0.2, 0.25) is 0 Å². The fraction of sp³-hybridized carbons (Fsp3) is 0.286. The molecule has 0 fully saturated rings. The van der Waals surface area contributed by atoms with Crippen LogP contribution in [0.25, 0.3) is 0 Å². The molecule has 0 saturated heterocycles. The minimum absolute atomic E-state index is 0.111. The van der Waals surface area contributed by atoms with Gasteiger partial charge in [0.25, 0.3) is 5.91 Å². The molecular formula is C14H15N3O5. The topological polar surface area (TPSA) is 120 Å². The molecule has 1 atom stereocenters. The maximum Gasteiger partial charge on any atom is 0.273 e. The number of nitrogens with zero attached hydrogens (tertiary/aromatic N) is 1. The van der Waals surface area contributed by atoms with Gasteiger partial charge in [0, 0.05) is 6.54 Å². The second-order valence-electron chi connectivity index (χ2n) is 4.73. The Kier molecular flexibility index (Phi) is 3.94. The molecule has 1 amide bonds. The zero-order valence-electron chi connectivity index (χ0n) is 11.6. The van der Waals surface area contributed by atoms with Crippen molar-refractivity contribution in [1.82, 2.24) is 10.3 Å². The number of oxazole rings is 1. The SMILES string of the molecule is NC(CO)c1nc(C(=O)NCc2ccc3c(c2)OCO3)co1. The number of carbonyl (C=O) groups excluding carboxylic acids is 1. The van der Waals surface area contributed by atoms with Crippen molar-refractivity contribution in [2.75, 3.05) is 13.4 Å². The highest BCUT2D eigenvalue weighted by molar-refractivity contribution is 5.91. The van der Waals surface area contributed by atoms with Crippen molar-refractivity contribution < 1.29 is 23.8 Å². The molecule has 116 valence electrons. The molecular weight excluding hydrogens is 290 g/mol. The second kappa shape index (κ2) is 6.04. The summed E-state index contributed by atoms with van der Waals surface area (Å²) in [4.78, 5) is 15.9. The molecule has 0 radical (unpaired) electrons. The van der Waals surface area contributed by atoms with E-state index in [4.69, 9.17) is 24.7 Å². The molecule has 1 aromatic heterocycles. The number of fused-ring (bicyclic) bond motifs is 1. The normalized spacial score (nSPS) is 13.9. The number of amides is 1. The average Bonchev–Trinajstić information content (AvgIpc) is 3.20. The number of aromatic nitrogens is 1. The predicted molar refractivity (Wildman–Crippen MR) is 74.3 cm³/mol. The summed E-state index contributed by atoms with van der Waals surface area (Å²) in [5, 5.41) is 11.6. The van der Waals surface area contributed by atoms with Gasteiger partial charge in [0.2, 0.25) is 12.7 Å². The minimum atomic E-state index is -0.740. The van der Waals surface area contributed by atoms with E-state index in [0.717, 1.165) is 5.56 Å². The number of rotatable bonds is 5. The van der Waals surface area contributed by atoms with Gasteiger partial charge < -0.3 is 30.0 Å². The van der Waals surface area contributed by atoms with Gasteiger partial charge in [0.15, 0.2) is 17.2 Å². The quantitative estimate of drug-likeness (QED) is 0.727. The molecule has 1 aliphatic rings. The lowest BCUT2D eigenvalue weighted by molar-refractivity contribution is 0.0945.